The summed E-state index contributed by atoms with van der Waals surface area (Å²) in [6.45, 7) is -0.319. The number of hydrogen-bond donors (Lipinski definition) is 3. The number of carboxylic acid groups (broad SMARTS) is 1. The largest absolute Gasteiger partial charge is 0.490 e. The van der Waals surface area contributed by atoms with Crippen molar-refractivity contribution in [3.05, 3.63) is 42.0 Å². The fraction of sp³-hybridized carbons (Fsp3) is 0.609. The number of para-hydroxylation sites is 1. The summed E-state index contributed by atoms with van der Waals surface area (Å²) >= 11 is 1.83. The lowest BCUT2D eigenvalue weighted by molar-refractivity contribution is -0.139. The highest BCUT2D eigenvalue weighted by Crippen LogP contribution is 2.49. The maximum atomic E-state index is 13.0. The lowest BCUT2D eigenvalue weighted by atomic mass is 9.88. The number of aliphatic hydroxyl groups is 2. The third kappa shape index (κ3) is 6.65. The van der Waals surface area contributed by atoms with Crippen molar-refractivity contribution in [3.63, 3.8) is 0 Å². The van der Waals surface area contributed by atoms with E-state index in [1.165, 1.54) is 24.3 Å². The molecule has 32 heavy (non-hydrogen) atoms. The van der Waals surface area contributed by atoms with Crippen molar-refractivity contribution in [1.82, 2.24) is 0 Å². The molecule has 0 unspecified atom stereocenters. The molecule has 0 aromatic heterocycles. The van der Waals surface area contributed by atoms with Gasteiger partial charge in [0.2, 0.25) is 0 Å². The van der Waals surface area contributed by atoms with Crippen LogP contribution in [0.1, 0.15) is 44.1 Å². The number of ether oxygens (including phenoxy) is 1. The average molecular weight is 475 g/mol. The van der Waals surface area contributed by atoms with E-state index >= 15 is 0 Å². The molecule has 0 amide bonds. The van der Waals surface area contributed by atoms with E-state index < -0.39 is 29.9 Å². The first-order valence-corrected chi connectivity index (χ1v) is 11.8. The Labute approximate surface area is 189 Å². The molecule has 0 bridgehead atoms. The fourth-order valence-electron chi connectivity index (χ4n) is 4.61. The SMILES string of the molecule is O=C(O)CCC[C@H]1CC[C@@H]2[C@@H](/C=C/[C@@H](O)COc3ccccc3C(F)(F)F)[C@H](O)C[C@@H]2S1. The molecule has 1 aliphatic heterocycles. The number of aliphatic hydroxyl groups excluding tert-OH is 2. The van der Waals surface area contributed by atoms with Crippen molar-refractivity contribution in [2.75, 3.05) is 6.61 Å². The van der Waals surface area contributed by atoms with Crippen LogP contribution in [-0.4, -0.2) is 50.6 Å². The molecule has 6 atom stereocenters. The number of alkyl halides is 3. The van der Waals surface area contributed by atoms with Gasteiger partial charge in [-0.25, -0.2) is 0 Å². The van der Waals surface area contributed by atoms with E-state index in [4.69, 9.17) is 9.84 Å². The van der Waals surface area contributed by atoms with Gasteiger partial charge >= 0.3 is 12.1 Å². The molecular weight excluding hydrogens is 445 g/mol. The zero-order chi connectivity index (χ0) is 23.3. The normalized spacial score (nSPS) is 29.1. The van der Waals surface area contributed by atoms with Gasteiger partial charge in [0.25, 0.3) is 0 Å². The number of carbonyl (C=O) groups is 1. The second kappa shape index (κ2) is 10.9. The first-order valence-electron chi connectivity index (χ1n) is 10.9. The van der Waals surface area contributed by atoms with Crippen LogP contribution in [-0.2, 0) is 11.0 Å². The van der Waals surface area contributed by atoms with Crippen LogP contribution in [0.25, 0.3) is 0 Å². The summed E-state index contributed by atoms with van der Waals surface area (Å²) in [6, 6.07) is 4.87. The smallest absolute Gasteiger partial charge is 0.419 e. The summed E-state index contributed by atoms with van der Waals surface area (Å²) in [4.78, 5) is 10.7. The van der Waals surface area contributed by atoms with Gasteiger partial charge in [-0.15, -0.1) is 0 Å². The first-order chi connectivity index (χ1) is 15.1. The van der Waals surface area contributed by atoms with Gasteiger partial charge in [-0.1, -0.05) is 24.3 Å². The van der Waals surface area contributed by atoms with Crippen LogP contribution < -0.4 is 4.74 Å². The van der Waals surface area contributed by atoms with E-state index in [1.54, 1.807) is 6.08 Å². The van der Waals surface area contributed by atoms with Gasteiger partial charge in [-0.05, 0) is 50.2 Å². The Balaban J connectivity index is 1.51. The highest BCUT2D eigenvalue weighted by molar-refractivity contribution is 8.00. The van der Waals surface area contributed by atoms with Crippen molar-refractivity contribution >= 4 is 17.7 Å². The van der Waals surface area contributed by atoms with Crippen LogP contribution in [0.3, 0.4) is 0 Å². The van der Waals surface area contributed by atoms with Crippen molar-refractivity contribution in [2.45, 2.75) is 67.4 Å². The van der Waals surface area contributed by atoms with E-state index in [0.717, 1.165) is 25.3 Å². The molecule has 0 spiro atoms. The molecule has 1 aromatic carbocycles. The van der Waals surface area contributed by atoms with Gasteiger partial charge in [-0.2, -0.15) is 24.9 Å². The Morgan fingerprint density at radius 1 is 1.28 bits per heavy atom. The fourth-order valence-corrected chi connectivity index (χ4v) is 6.51. The Bertz CT molecular complexity index is 800. The van der Waals surface area contributed by atoms with Crippen LogP contribution in [0.15, 0.2) is 36.4 Å². The van der Waals surface area contributed by atoms with E-state index in [9.17, 15) is 28.2 Å². The predicted molar refractivity (Wildman–Crippen MR) is 116 cm³/mol. The van der Waals surface area contributed by atoms with Crippen molar-refractivity contribution in [2.24, 2.45) is 11.8 Å². The highest BCUT2D eigenvalue weighted by atomic mass is 32.2. The van der Waals surface area contributed by atoms with Crippen LogP contribution in [0.2, 0.25) is 0 Å². The summed E-state index contributed by atoms with van der Waals surface area (Å²) in [7, 11) is 0. The molecule has 2 aliphatic rings. The summed E-state index contributed by atoms with van der Waals surface area (Å²) in [6.07, 6.45) is 1.30. The van der Waals surface area contributed by atoms with Crippen molar-refractivity contribution in [3.8, 4) is 5.75 Å². The third-order valence-corrected chi connectivity index (χ3v) is 7.90. The lowest BCUT2D eigenvalue weighted by Crippen LogP contribution is -2.27. The van der Waals surface area contributed by atoms with Crippen LogP contribution in [0, 0.1) is 11.8 Å². The maximum Gasteiger partial charge on any atom is 0.419 e. The summed E-state index contributed by atoms with van der Waals surface area (Å²) in [5.74, 6) is -0.966. The van der Waals surface area contributed by atoms with Crippen LogP contribution in [0.5, 0.6) is 5.75 Å². The van der Waals surface area contributed by atoms with Crippen LogP contribution in [0.4, 0.5) is 13.2 Å². The third-order valence-electron chi connectivity index (χ3n) is 6.15. The van der Waals surface area contributed by atoms with Gasteiger partial charge in [0.15, 0.2) is 0 Å². The number of hydrogen-bond acceptors (Lipinski definition) is 5. The second-order valence-electron chi connectivity index (χ2n) is 8.46. The quantitative estimate of drug-likeness (QED) is 0.457. The molecule has 1 heterocycles. The number of carboxylic acids is 1. The standard InChI is InChI=1S/C23H29F3O5S/c24-23(25,26)18-5-1-2-6-20(18)31-13-14(27)8-10-16-17-11-9-15(4-3-7-22(29)30)32-21(17)12-19(16)28/h1-2,5-6,8,10,14-17,19,21,27-28H,3-4,7,9,11-13H2,(H,29,30)/b10-8+/t14-,15+,16-,17-,19-,21+/m1/s1. The maximum absolute atomic E-state index is 13.0. The molecule has 2 fully saturated rings. The number of aliphatic carboxylic acids is 1. The second-order valence-corrected chi connectivity index (χ2v) is 10.0. The molecule has 178 valence electrons. The van der Waals surface area contributed by atoms with E-state index in [1.807, 2.05) is 11.8 Å². The molecule has 0 radical (unpaired) electrons. The first kappa shape index (κ1) is 24.9. The Morgan fingerprint density at radius 3 is 2.75 bits per heavy atom. The topological polar surface area (TPSA) is 87.0 Å². The Morgan fingerprint density at radius 2 is 2.03 bits per heavy atom. The molecule has 3 rings (SSSR count). The van der Waals surface area contributed by atoms with E-state index in [0.29, 0.717) is 18.1 Å². The van der Waals surface area contributed by atoms with Gasteiger partial charge in [0.1, 0.15) is 18.5 Å². The van der Waals surface area contributed by atoms with Gasteiger partial charge in [-0.3, -0.25) is 4.79 Å². The molecule has 9 heteroatoms. The van der Waals surface area contributed by atoms with E-state index in [2.05, 4.69) is 0 Å². The number of fused-ring (bicyclic) bond motifs is 1. The van der Waals surface area contributed by atoms with Gasteiger partial charge in [0, 0.05) is 22.8 Å². The molecule has 1 saturated carbocycles. The molecule has 1 aliphatic carbocycles. The summed E-state index contributed by atoms with van der Waals surface area (Å²) in [5, 5.41) is 30.2. The summed E-state index contributed by atoms with van der Waals surface area (Å²) < 4.78 is 44.3. The highest BCUT2D eigenvalue weighted by Gasteiger charge is 2.44. The molecule has 5 nitrogen and oxygen atoms in total. The monoisotopic (exact) mass is 474 g/mol. The van der Waals surface area contributed by atoms with E-state index in [-0.39, 0.29) is 35.9 Å². The minimum absolute atomic E-state index is 0.121. The molecule has 3 N–H and O–H groups in total. The minimum atomic E-state index is -4.54. The molecular formula is C23H29F3O5S. The minimum Gasteiger partial charge on any atom is -0.490 e. The van der Waals surface area contributed by atoms with Crippen LogP contribution >= 0.6 is 11.8 Å². The Kier molecular flexibility index (Phi) is 8.52. The predicted octanol–water partition coefficient (Wildman–Crippen LogP) is 4.52. The molecule has 1 aromatic rings. The zero-order valence-electron chi connectivity index (χ0n) is 17.6. The Hall–Kier alpha value is -1.71. The van der Waals surface area contributed by atoms with Gasteiger partial charge < -0.3 is 20.1 Å². The van der Waals surface area contributed by atoms with Crippen molar-refractivity contribution < 1.29 is 38.0 Å². The number of benzene rings is 1. The number of rotatable bonds is 9. The zero-order valence-corrected chi connectivity index (χ0v) is 18.4. The van der Waals surface area contributed by atoms with Crippen molar-refractivity contribution in [1.29, 1.82) is 0 Å². The summed E-state index contributed by atoms with van der Waals surface area (Å²) in [5.41, 5.74) is -0.887. The number of halogens is 3. The van der Waals surface area contributed by atoms with Gasteiger partial charge in [0.05, 0.1) is 11.7 Å². The average Bonchev–Trinajstić information content (AvgIpc) is 3.04. The lowest BCUT2D eigenvalue weighted by Gasteiger charge is -2.33. The molecule has 1 saturated heterocycles. The number of thioether (sulfide) groups is 1.